The Morgan fingerprint density at radius 2 is 0.315 bits per heavy atom. The Hall–Kier alpha value is -1.43. The van der Waals surface area contributed by atoms with Crippen molar-refractivity contribution in [3.05, 3.63) is 12.2 Å². The number of aliphatic carboxylic acids is 1. The van der Waals surface area contributed by atoms with Crippen LogP contribution < -0.4 is 0 Å². The average Bonchev–Trinajstić information content (AvgIpc) is 2.99. The number of hydrogen-bond donors (Lipinski definition) is 17. The highest BCUT2D eigenvalue weighted by atomic mass is 16.4. The Morgan fingerprint density at radius 1 is 0.278 bits per heavy atom. The summed E-state index contributed by atoms with van der Waals surface area (Å²) in [6.45, 7) is 29.3. The van der Waals surface area contributed by atoms with E-state index in [2.05, 4.69) is 6.58 Å². The summed E-state index contributed by atoms with van der Waals surface area (Å²) in [5.41, 5.74) is 0.176. The first kappa shape index (κ1) is 73.6. The minimum atomic E-state index is -0.935. The van der Waals surface area contributed by atoms with Gasteiger partial charge in [0.25, 0.3) is 0 Å². The van der Waals surface area contributed by atoms with E-state index >= 15 is 0 Å². The third-order valence-electron chi connectivity index (χ3n) is 5.95. The topological polar surface area (TPSA) is 361 Å². The highest BCUT2D eigenvalue weighted by molar-refractivity contribution is 5.84. The van der Waals surface area contributed by atoms with Gasteiger partial charge in [0.05, 0.1) is 97.7 Å². The van der Waals surface area contributed by atoms with Crippen molar-refractivity contribution in [3.8, 4) is 0 Å². The molecule has 17 N–H and O–H groups in total. The van der Waals surface area contributed by atoms with Crippen LogP contribution in [0.25, 0.3) is 0 Å². The van der Waals surface area contributed by atoms with E-state index in [1.807, 2.05) is 0 Å². The molecule has 54 heavy (non-hydrogen) atoms. The molecule has 0 aliphatic carbocycles. The summed E-state index contributed by atoms with van der Waals surface area (Å²) in [6, 6.07) is 0. The first-order chi connectivity index (χ1) is 23.8. The van der Waals surface area contributed by atoms with Gasteiger partial charge in [-0.15, -0.1) is 0 Å². The molecule has 0 aromatic heterocycles. The van der Waals surface area contributed by atoms with Crippen molar-refractivity contribution in [1.29, 1.82) is 0 Å². The van der Waals surface area contributed by atoms with Gasteiger partial charge in [-0.05, 0) is 118 Å². The molecule has 18 nitrogen and oxygen atoms in total. The Morgan fingerprint density at radius 3 is 0.315 bits per heavy atom. The number of carboxylic acid groups (broad SMARTS) is 1. The second kappa shape index (κ2) is 47.7. The van der Waals surface area contributed by atoms with Gasteiger partial charge in [0, 0.05) is 5.57 Å². The molecule has 0 rings (SSSR count). The molecule has 0 fully saturated rings. The molecule has 0 amide bonds. The fourth-order valence-corrected chi connectivity index (χ4v) is 0. The summed E-state index contributed by atoms with van der Waals surface area (Å²) >= 11 is 0. The lowest BCUT2D eigenvalue weighted by molar-refractivity contribution is -0.132. The monoisotopic (exact) mass is 807 g/mol. The lowest BCUT2D eigenvalue weighted by Crippen LogP contribution is -2.17. The largest absolute Gasteiger partial charge is 0.478 e. The molecule has 0 saturated heterocycles. The molecule has 0 aromatic carbocycles. The predicted octanol–water partition coefficient (Wildman–Crippen LogP) is -1.37. The van der Waals surface area contributed by atoms with Crippen LogP contribution in [-0.4, -0.2) is 190 Å². The van der Waals surface area contributed by atoms with E-state index in [0.717, 1.165) is 0 Å². The molecule has 0 spiro atoms. The maximum atomic E-state index is 9.60. The molecule has 16 atom stereocenters. The second-order valence-corrected chi connectivity index (χ2v) is 12.9. The van der Waals surface area contributed by atoms with Crippen molar-refractivity contribution in [2.24, 2.45) is 0 Å². The lowest BCUT2D eigenvalue weighted by atomic mass is 10.3. The summed E-state index contributed by atoms with van der Waals surface area (Å²) in [4.78, 5) is 9.60. The van der Waals surface area contributed by atoms with E-state index in [1.165, 1.54) is 6.92 Å². The first-order valence-corrected chi connectivity index (χ1v) is 17.6. The molecule has 338 valence electrons. The molecule has 0 bridgehead atoms. The van der Waals surface area contributed by atoms with Gasteiger partial charge < -0.3 is 86.8 Å². The molecule has 0 saturated carbocycles. The fourth-order valence-electron chi connectivity index (χ4n) is 0. The molecular weight excluding hydrogens is 720 g/mol. The highest BCUT2D eigenvalue weighted by Crippen LogP contribution is 1.89. The summed E-state index contributed by atoms with van der Waals surface area (Å²) in [5.74, 6) is -0.935. The van der Waals surface area contributed by atoms with Gasteiger partial charge in [-0.2, -0.15) is 0 Å². The maximum absolute atomic E-state index is 9.60. The minimum absolute atomic E-state index is 0.176. The quantitative estimate of drug-likeness (QED) is 0.120. The SMILES string of the molecule is C=C(C)C(=O)O.CC(O)C(C)O.CC(O)C(C)O.CC(O)C(C)O.CC(O)C(C)O.CC(O)C(C)O.CC(O)C(C)O.CC(O)C(C)O.CC(O)C(C)O. The van der Waals surface area contributed by atoms with Crippen LogP contribution in [0.15, 0.2) is 12.2 Å². The normalized spacial score (nSPS) is 18.6. The van der Waals surface area contributed by atoms with Gasteiger partial charge >= 0.3 is 5.97 Å². The average molecular weight is 807 g/mol. The van der Waals surface area contributed by atoms with E-state index < -0.39 is 104 Å². The van der Waals surface area contributed by atoms with Gasteiger partial charge in [0.15, 0.2) is 0 Å². The van der Waals surface area contributed by atoms with E-state index in [9.17, 15) is 4.79 Å². The van der Waals surface area contributed by atoms with Gasteiger partial charge in [0.1, 0.15) is 0 Å². The number of aliphatic hydroxyl groups is 16. The Bertz CT molecular complexity index is 514. The lowest BCUT2D eigenvalue weighted by Gasteiger charge is -2.03. The van der Waals surface area contributed by atoms with Gasteiger partial charge in [0.2, 0.25) is 0 Å². The van der Waals surface area contributed by atoms with Crippen molar-refractivity contribution in [3.63, 3.8) is 0 Å². The third kappa shape index (κ3) is 104. The zero-order valence-corrected chi connectivity index (χ0v) is 36.0. The number of hydrogen-bond acceptors (Lipinski definition) is 17. The van der Waals surface area contributed by atoms with Crippen molar-refractivity contribution >= 4 is 5.97 Å². The van der Waals surface area contributed by atoms with E-state index in [4.69, 9.17) is 86.8 Å². The fraction of sp³-hybridized carbons (Fsp3) is 0.917. The van der Waals surface area contributed by atoms with Crippen LogP contribution >= 0.6 is 0 Å². The van der Waals surface area contributed by atoms with Crippen molar-refractivity contribution in [2.45, 2.75) is 215 Å². The second-order valence-electron chi connectivity index (χ2n) is 12.9. The van der Waals surface area contributed by atoms with Crippen LogP contribution in [-0.2, 0) is 4.79 Å². The number of aliphatic hydroxyl groups excluding tert-OH is 16. The van der Waals surface area contributed by atoms with Crippen LogP contribution in [0.1, 0.15) is 118 Å². The van der Waals surface area contributed by atoms with Crippen LogP contribution in [0.3, 0.4) is 0 Å². The van der Waals surface area contributed by atoms with Gasteiger partial charge in [-0.25, -0.2) is 4.79 Å². The van der Waals surface area contributed by atoms with Crippen LogP contribution in [0, 0.1) is 0 Å². The van der Waals surface area contributed by atoms with E-state index in [-0.39, 0.29) is 5.57 Å². The first-order valence-electron chi connectivity index (χ1n) is 17.6. The zero-order chi connectivity index (χ0) is 46.4. The van der Waals surface area contributed by atoms with E-state index in [0.29, 0.717) is 0 Å². The zero-order valence-electron chi connectivity index (χ0n) is 36.0. The molecule has 0 radical (unpaired) electrons. The molecule has 18 heteroatoms. The molecule has 0 heterocycles. The smallest absolute Gasteiger partial charge is 0.330 e. The van der Waals surface area contributed by atoms with Crippen molar-refractivity contribution < 1.29 is 91.6 Å². The predicted molar refractivity (Wildman–Crippen MR) is 209 cm³/mol. The number of carboxylic acids is 1. The number of carbonyl (C=O) groups is 1. The molecule has 0 aliphatic heterocycles. The highest BCUT2D eigenvalue weighted by Gasteiger charge is 2.03. The summed E-state index contributed by atoms with van der Waals surface area (Å²) < 4.78 is 0. The molecule has 0 aliphatic rings. The van der Waals surface area contributed by atoms with Gasteiger partial charge in [-0.3, -0.25) is 0 Å². The summed E-state index contributed by atoms with van der Waals surface area (Å²) in [7, 11) is 0. The Balaban J connectivity index is -0.0000000603. The number of rotatable bonds is 9. The van der Waals surface area contributed by atoms with Crippen LogP contribution in [0.4, 0.5) is 0 Å². The van der Waals surface area contributed by atoms with E-state index in [1.54, 1.807) is 111 Å². The molecule has 0 aromatic rings. The maximum Gasteiger partial charge on any atom is 0.330 e. The standard InChI is InChI=1S/8C4H10O2.C4H6O2/c8*1-3(5)4(2)6;1-3(2)4(5)6/h8*3-6H,1-2H3;1H2,2H3,(H,5,6). The van der Waals surface area contributed by atoms with Crippen LogP contribution in [0.5, 0.6) is 0 Å². The third-order valence-corrected chi connectivity index (χ3v) is 5.95. The van der Waals surface area contributed by atoms with Gasteiger partial charge in [-0.1, -0.05) is 6.58 Å². The molecule has 16 unspecified atom stereocenters. The Kier molecular flexibility index (Phi) is 65.1. The minimum Gasteiger partial charge on any atom is -0.478 e. The summed E-state index contributed by atoms with van der Waals surface area (Å²) in [6.07, 6.45) is -9.48. The van der Waals surface area contributed by atoms with Crippen molar-refractivity contribution in [2.75, 3.05) is 0 Å². The van der Waals surface area contributed by atoms with Crippen molar-refractivity contribution in [1.82, 2.24) is 0 Å². The van der Waals surface area contributed by atoms with Crippen LogP contribution in [0.2, 0.25) is 0 Å². The Labute approximate surface area is 325 Å². The molecular formula is C36H86O18. The summed E-state index contributed by atoms with van der Waals surface area (Å²) in [5, 5.41) is 142.